The van der Waals surface area contributed by atoms with Crippen molar-refractivity contribution >= 4 is 39.4 Å². The molecule has 0 saturated carbocycles. The molecule has 0 amide bonds. The minimum atomic E-state index is 0.436. The smallest absolute Gasteiger partial charge is 0.128 e. The third-order valence-electron chi connectivity index (χ3n) is 3.68. The molecule has 5 heteroatoms. The zero-order valence-electron chi connectivity index (χ0n) is 14.2. The van der Waals surface area contributed by atoms with Gasteiger partial charge in [0.05, 0.1) is 12.8 Å². The average Bonchev–Trinajstić information content (AvgIpc) is 2.66. The maximum atomic E-state index is 6.03. The minimum Gasteiger partial charge on any atom is -0.497 e. The van der Waals surface area contributed by atoms with Crippen LogP contribution in [0, 0.1) is 0 Å². The van der Waals surface area contributed by atoms with E-state index < -0.39 is 0 Å². The molecule has 0 N–H and O–H groups in total. The van der Waals surface area contributed by atoms with E-state index in [1.54, 1.807) is 13.3 Å². The lowest BCUT2D eigenvalue weighted by Gasteiger charge is -2.10. The van der Waals surface area contributed by atoms with Gasteiger partial charge in [-0.25, -0.2) is 0 Å². The largest absolute Gasteiger partial charge is 0.497 e. The van der Waals surface area contributed by atoms with Crippen molar-refractivity contribution in [3.8, 4) is 11.5 Å². The Morgan fingerprint density at radius 3 is 2.58 bits per heavy atom. The van der Waals surface area contributed by atoms with Crippen LogP contribution in [0.1, 0.15) is 11.1 Å². The number of benzene rings is 3. The van der Waals surface area contributed by atoms with Gasteiger partial charge in [0.1, 0.15) is 18.1 Å². The van der Waals surface area contributed by atoms with Crippen LogP contribution in [-0.4, -0.2) is 13.3 Å². The summed E-state index contributed by atoms with van der Waals surface area (Å²) >= 11 is 9.52. The third kappa shape index (κ3) is 5.10. The van der Waals surface area contributed by atoms with Crippen molar-refractivity contribution in [1.29, 1.82) is 0 Å². The molecule has 3 aromatic rings. The minimum absolute atomic E-state index is 0.436. The van der Waals surface area contributed by atoms with Crippen LogP contribution < -0.4 is 9.47 Å². The topological polar surface area (TPSA) is 30.8 Å². The lowest BCUT2D eigenvalue weighted by Crippen LogP contribution is -1.98. The molecule has 0 atom stereocenters. The number of hydrogen-bond acceptors (Lipinski definition) is 3. The average molecular weight is 431 g/mol. The molecule has 0 radical (unpaired) electrons. The van der Waals surface area contributed by atoms with Crippen molar-refractivity contribution in [1.82, 2.24) is 0 Å². The van der Waals surface area contributed by atoms with Crippen molar-refractivity contribution < 1.29 is 9.47 Å². The molecule has 0 aliphatic rings. The van der Waals surface area contributed by atoms with Crippen molar-refractivity contribution in [3.63, 3.8) is 0 Å². The molecule has 0 saturated heterocycles. The van der Waals surface area contributed by atoms with Gasteiger partial charge in [0.25, 0.3) is 0 Å². The summed E-state index contributed by atoms with van der Waals surface area (Å²) in [5, 5.41) is 0.697. The Labute approximate surface area is 166 Å². The van der Waals surface area contributed by atoms with Crippen LogP contribution in [0.5, 0.6) is 11.5 Å². The molecule has 26 heavy (non-hydrogen) atoms. The van der Waals surface area contributed by atoms with E-state index in [1.165, 1.54) is 0 Å². The van der Waals surface area contributed by atoms with Crippen molar-refractivity contribution in [3.05, 3.63) is 87.4 Å². The second-order valence-corrected chi connectivity index (χ2v) is 6.91. The summed E-state index contributed by atoms with van der Waals surface area (Å²) in [5.74, 6) is 1.56. The fourth-order valence-electron chi connectivity index (χ4n) is 2.35. The fraction of sp³-hybridized carbons (Fsp3) is 0.0952. The zero-order valence-corrected chi connectivity index (χ0v) is 16.5. The molecular formula is C21H17BrClNO2. The highest BCUT2D eigenvalue weighted by Crippen LogP contribution is 2.25. The molecular weight excluding hydrogens is 414 g/mol. The van der Waals surface area contributed by atoms with Crippen molar-refractivity contribution in [2.75, 3.05) is 7.11 Å². The number of aliphatic imine (C=N–C) groups is 1. The van der Waals surface area contributed by atoms with Crippen molar-refractivity contribution in [2.24, 2.45) is 4.99 Å². The highest BCUT2D eigenvalue weighted by atomic mass is 79.9. The first-order valence-electron chi connectivity index (χ1n) is 7.99. The first kappa shape index (κ1) is 18.5. The number of nitrogens with zero attached hydrogens (tertiary/aromatic N) is 1. The maximum absolute atomic E-state index is 6.03. The summed E-state index contributed by atoms with van der Waals surface area (Å²) in [6.45, 7) is 0.436. The monoisotopic (exact) mass is 429 g/mol. The van der Waals surface area contributed by atoms with Crippen LogP contribution in [0.15, 0.2) is 76.2 Å². The van der Waals surface area contributed by atoms with Crippen LogP contribution in [0.25, 0.3) is 0 Å². The summed E-state index contributed by atoms with van der Waals surface area (Å²) in [4.78, 5) is 4.52. The fourth-order valence-corrected chi connectivity index (χ4v) is 2.94. The van der Waals surface area contributed by atoms with E-state index in [1.807, 2.05) is 66.7 Å². The molecule has 0 bridgehead atoms. The van der Waals surface area contributed by atoms with Crippen LogP contribution in [-0.2, 0) is 6.61 Å². The number of ether oxygens (including phenoxy) is 2. The van der Waals surface area contributed by atoms with Gasteiger partial charge in [-0.15, -0.1) is 0 Å². The summed E-state index contributed by atoms with van der Waals surface area (Å²) in [6, 6.07) is 21.0. The number of methoxy groups -OCH3 is 1. The summed E-state index contributed by atoms with van der Waals surface area (Å²) in [7, 11) is 1.64. The SMILES string of the molecule is COc1ccc(N=Cc2cc(Br)ccc2OCc2cccc(Cl)c2)cc1. The molecule has 3 rings (SSSR count). The molecule has 132 valence electrons. The van der Waals surface area contributed by atoms with Gasteiger partial charge in [-0.3, -0.25) is 4.99 Å². The van der Waals surface area contributed by atoms with E-state index in [-0.39, 0.29) is 0 Å². The highest BCUT2D eigenvalue weighted by molar-refractivity contribution is 9.10. The van der Waals surface area contributed by atoms with E-state index in [2.05, 4.69) is 20.9 Å². The van der Waals surface area contributed by atoms with Gasteiger partial charge in [-0.05, 0) is 60.2 Å². The van der Waals surface area contributed by atoms with Gasteiger partial charge in [-0.1, -0.05) is 39.7 Å². The molecule has 0 spiro atoms. The van der Waals surface area contributed by atoms with E-state index in [0.29, 0.717) is 11.6 Å². The quantitative estimate of drug-likeness (QED) is 0.421. The second kappa shape index (κ2) is 8.88. The predicted molar refractivity (Wildman–Crippen MR) is 110 cm³/mol. The Kier molecular flexibility index (Phi) is 6.31. The Bertz CT molecular complexity index is 910. The second-order valence-electron chi connectivity index (χ2n) is 5.56. The molecule has 3 aromatic carbocycles. The van der Waals surface area contributed by atoms with Crippen LogP contribution in [0.4, 0.5) is 5.69 Å². The lowest BCUT2D eigenvalue weighted by molar-refractivity contribution is 0.306. The molecule has 0 aromatic heterocycles. The summed E-state index contributed by atoms with van der Waals surface area (Å²) in [5.41, 5.74) is 2.74. The van der Waals surface area contributed by atoms with Gasteiger partial charge in [0, 0.05) is 21.3 Å². The number of rotatable bonds is 6. The first-order valence-corrected chi connectivity index (χ1v) is 9.16. The Balaban J connectivity index is 1.77. The Hall–Kier alpha value is -2.30. The third-order valence-corrected chi connectivity index (χ3v) is 4.41. The van der Waals surface area contributed by atoms with Crippen LogP contribution in [0.3, 0.4) is 0 Å². The van der Waals surface area contributed by atoms with Crippen LogP contribution in [0.2, 0.25) is 5.02 Å². The predicted octanol–water partition coefficient (Wildman–Crippen LogP) is 6.44. The summed E-state index contributed by atoms with van der Waals surface area (Å²) < 4.78 is 12.1. The van der Waals surface area contributed by atoms with Gasteiger partial charge in [0.15, 0.2) is 0 Å². The summed E-state index contributed by atoms with van der Waals surface area (Å²) in [6.07, 6.45) is 1.79. The van der Waals surface area contributed by atoms with Gasteiger partial charge >= 0.3 is 0 Å². The maximum Gasteiger partial charge on any atom is 0.128 e. The van der Waals surface area contributed by atoms with Gasteiger partial charge < -0.3 is 9.47 Å². The molecule has 0 heterocycles. The Morgan fingerprint density at radius 1 is 1.04 bits per heavy atom. The first-order chi connectivity index (χ1) is 12.6. The van der Waals surface area contributed by atoms with E-state index >= 15 is 0 Å². The molecule has 0 aliphatic carbocycles. The normalized spacial score (nSPS) is 10.9. The number of hydrogen-bond donors (Lipinski definition) is 0. The molecule has 0 fully saturated rings. The lowest BCUT2D eigenvalue weighted by atomic mass is 10.2. The standard InChI is InChI=1S/C21H17BrClNO2/c1-25-20-8-6-19(7-9-20)24-13-16-12-17(22)5-10-21(16)26-14-15-3-2-4-18(23)11-15/h2-13H,14H2,1H3. The molecule has 0 aliphatic heterocycles. The van der Waals surface area contributed by atoms with E-state index in [9.17, 15) is 0 Å². The molecule has 3 nitrogen and oxygen atoms in total. The zero-order chi connectivity index (χ0) is 18.4. The van der Waals surface area contributed by atoms with Gasteiger partial charge in [0.2, 0.25) is 0 Å². The van der Waals surface area contributed by atoms with E-state index in [4.69, 9.17) is 21.1 Å². The highest BCUT2D eigenvalue weighted by Gasteiger charge is 2.04. The molecule has 0 unspecified atom stereocenters. The Morgan fingerprint density at radius 2 is 1.85 bits per heavy atom. The number of halogens is 2. The van der Waals surface area contributed by atoms with Crippen molar-refractivity contribution in [2.45, 2.75) is 6.61 Å². The van der Waals surface area contributed by atoms with Crippen LogP contribution >= 0.6 is 27.5 Å². The van der Waals surface area contributed by atoms with Gasteiger partial charge in [-0.2, -0.15) is 0 Å². The van der Waals surface area contributed by atoms with E-state index in [0.717, 1.165) is 32.8 Å².